The molecule has 3 rings (SSSR count). The molecule has 0 atom stereocenters. The van der Waals surface area contributed by atoms with Gasteiger partial charge in [-0.2, -0.15) is 0 Å². The molecule has 1 heterocycles. The van der Waals surface area contributed by atoms with Gasteiger partial charge in [0.1, 0.15) is 5.75 Å². The molecule has 0 spiro atoms. The van der Waals surface area contributed by atoms with E-state index in [2.05, 4.69) is 0 Å². The number of nitrogens with zero attached hydrogens (tertiary/aromatic N) is 1. The highest BCUT2D eigenvalue weighted by molar-refractivity contribution is 5.95. The molecule has 1 aliphatic rings. The molecule has 5 heteroatoms. The van der Waals surface area contributed by atoms with Crippen molar-refractivity contribution in [2.75, 3.05) is 28.0 Å². The first-order valence-corrected chi connectivity index (χ1v) is 6.90. The van der Waals surface area contributed by atoms with Crippen LogP contribution in [0, 0.1) is 0 Å². The molecule has 22 heavy (non-hydrogen) atoms. The Hall–Kier alpha value is -2.69. The Morgan fingerprint density at radius 2 is 1.86 bits per heavy atom. The van der Waals surface area contributed by atoms with Crippen molar-refractivity contribution in [3.8, 4) is 28.4 Å². The predicted octanol–water partition coefficient (Wildman–Crippen LogP) is 2.79. The Balaban J connectivity index is 2.08. The van der Waals surface area contributed by atoms with Gasteiger partial charge in [-0.3, -0.25) is 4.79 Å². The van der Waals surface area contributed by atoms with E-state index in [1.807, 2.05) is 24.3 Å². The molecule has 2 aromatic carbocycles. The summed E-state index contributed by atoms with van der Waals surface area (Å²) in [4.78, 5) is 13.7. The monoisotopic (exact) mass is 299 g/mol. The molecule has 0 aliphatic carbocycles. The zero-order valence-corrected chi connectivity index (χ0v) is 12.8. The van der Waals surface area contributed by atoms with Crippen LogP contribution in [0.1, 0.15) is 10.4 Å². The summed E-state index contributed by atoms with van der Waals surface area (Å²) in [7, 11) is 5.07. The fourth-order valence-corrected chi connectivity index (χ4v) is 2.40. The van der Waals surface area contributed by atoms with Gasteiger partial charge in [0.05, 0.1) is 7.11 Å². The first-order valence-electron chi connectivity index (χ1n) is 6.90. The van der Waals surface area contributed by atoms with Crippen LogP contribution in [-0.4, -0.2) is 38.8 Å². The lowest BCUT2D eigenvalue weighted by Crippen LogP contribution is -2.21. The van der Waals surface area contributed by atoms with Crippen LogP contribution in [0.25, 0.3) is 11.1 Å². The topological polar surface area (TPSA) is 48.0 Å². The van der Waals surface area contributed by atoms with E-state index < -0.39 is 0 Å². The highest BCUT2D eigenvalue weighted by Crippen LogP contribution is 2.42. The second kappa shape index (κ2) is 5.60. The van der Waals surface area contributed by atoms with Gasteiger partial charge in [0.15, 0.2) is 11.5 Å². The number of fused-ring (bicyclic) bond motifs is 1. The van der Waals surface area contributed by atoms with Crippen LogP contribution in [-0.2, 0) is 0 Å². The summed E-state index contributed by atoms with van der Waals surface area (Å²) >= 11 is 0. The third-order valence-corrected chi connectivity index (χ3v) is 3.52. The molecule has 2 aromatic rings. The van der Waals surface area contributed by atoms with E-state index in [4.69, 9.17) is 14.2 Å². The van der Waals surface area contributed by atoms with Gasteiger partial charge in [-0.15, -0.1) is 0 Å². The number of methoxy groups -OCH3 is 1. The maximum absolute atomic E-state index is 12.1. The number of carbonyl (C=O) groups excluding carboxylic acids is 1. The molecule has 5 nitrogen and oxygen atoms in total. The summed E-state index contributed by atoms with van der Waals surface area (Å²) in [6.07, 6.45) is 0. The molecular weight excluding hydrogens is 282 g/mol. The Kier molecular flexibility index (Phi) is 3.63. The molecule has 0 fully saturated rings. The summed E-state index contributed by atoms with van der Waals surface area (Å²) in [6, 6.07) is 11.1. The van der Waals surface area contributed by atoms with Gasteiger partial charge < -0.3 is 19.1 Å². The Morgan fingerprint density at radius 3 is 2.55 bits per heavy atom. The predicted molar refractivity (Wildman–Crippen MR) is 82.6 cm³/mol. The second-order valence-electron chi connectivity index (χ2n) is 5.19. The lowest BCUT2D eigenvalue weighted by molar-refractivity contribution is 0.0827. The molecule has 0 radical (unpaired) electrons. The van der Waals surface area contributed by atoms with Crippen molar-refractivity contribution in [2.45, 2.75) is 0 Å². The standard InChI is InChI=1S/C17H17NO4/c1-18(2)17(19)12-6-4-5-11(7-12)13-8-15-16(22-10-21-15)9-14(13)20-3/h4-9H,10H2,1-3H3. The zero-order valence-electron chi connectivity index (χ0n) is 12.8. The van der Waals surface area contributed by atoms with Gasteiger partial charge in [0.25, 0.3) is 5.91 Å². The highest BCUT2D eigenvalue weighted by atomic mass is 16.7. The molecule has 1 amide bonds. The van der Waals surface area contributed by atoms with Crippen molar-refractivity contribution in [2.24, 2.45) is 0 Å². The van der Waals surface area contributed by atoms with Gasteiger partial charge in [-0.25, -0.2) is 0 Å². The molecule has 0 bridgehead atoms. The SMILES string of the molecule is COc1cc2c(cc1-c1cccc(C(=O)N(C)C)c1)OCO2. The number of ether oxygens (including phenoxy) is 3. The van der Waals surface area contributed by atoms with Gasteiger partial charge in [0, 0.05) is 31.3 Å². The van der Waals surface area contributed by atoms with Gasteiger partial charge in [0.2, 0.25) is 6.79 Å². The summed E-state index contributed by atoms with van der Waals surface area (Å²) in [6.45, 7) is 0.209. The van der Waals surface area contributed by atoms with Crippen molar-refractivity contribution in [3.63, 3.8) is 0 Å². The quantitative estimate of drug-likeness (QED) is 0.874. The lowest BCUT2D eigenvalue weighted by Gasteiger charge is -2.13. The van der Waals surface area contributed by atoms with Crippen LogP contribution in [0.5, 0.6) is 17.2 Å². The van der Waals surface area contributed by atoms with Crippen LogP contribution >= 0.6 is 0 Å². The molecule has 0 saturated heterocycles. The molecule has 0 unspecified atom stereocenters. The number of benzene rings is 2. The molecule has 0 aromatic heterocycles. The lowest BCUT2D eigenvalue weighted by atomic mass is 10.0. The number of hydrogen-bond acceptors (Lipinski definition) is 4. The number of rotatable bonds is 3. The van der Waals surface area contributed by atoms with E-state index >= 15 is 0 Å². The second-order valence-corrected chi connectivity index (χ2v) is 5.19. The van der Waals surface area contributed by atoms with Gasteiger partial charge in [-0.05, 0) is 23.8 Å². The third-order valence-electron chi connectivity index (χ3n) is 3.52. The van der Waals surface area contributed by atoms with Crippen LogP contribution < -0.4 is 14.2 Å². The first-order chi connectivity index (χ1) is 10.6. The fraction of sp³-hybridized carbons (Fsp3) is 0.235. The number of amides is 1. The molecule has 114 valence electrons. The van der Waals surface area contributed by atoms with Crippen LogP contribution in [0.15, 0.2) is 36.4 Å². The average molecular weight is 299 g/mol. The smallest absolute Gasteiger partial charge is 0.253 e. The van der Waals surface area contributed by atoms with Gasteiger partial charge >= 0.3 is 0 Å². The molecule has 1 aliphatic heterocycles. The molecule has 0 N–H and O–H groups in total. The molecule has 0 saturated carbocycles. The van der Waals surface area contributed by atoms with Crippen LogP contribution in [0.2, 0.25) is 0 Å². The summed E-state index contributed by atoms with van der Waals surface area (Å²) in [5.41, 5.74) is 2.38. The van der Waals surface area contributed by atoms with E-state index in [9.17, 15) is 4.79 Å². The largest absolute Gasteiger partial charge is 0.496 e. The van der Waals surface area contributed by atoms with Crippen molar-refractivity contribution in [3.05, 3.63) is 42.0 Å². The summed E-state index contributed by atoms with van der Waals surface area (Å²) in [5, 5.41) is 0. The third kappa shape index (κ3) is 2.45. The highest BCUT2D eigenvalue weighted by Gasteiger charge is 2.19. The van der Waals surface area contributed by atoms with E-state index in [1.165, 1.54) is 0 Å². The van der Waals surface area contributed by atoms with Crippen LogP contribution in [0.4, 0.5) is 0 Å². The maximum atomic E-state index is 12.1. The maximum Gasteiger partial charge on any atom is 0.253 e. The van der Waals surface area contributed by atoms with E-state index in [0.717, 1.165) is 11.1 Å². The van der Waals surface area contributed by atoms with Crippen molar-refractivity contribution >= 4 is 5.91 Å². The number of carbonyl (C=O) groups is 1. The Labute approximate surface area is 129 Å². The van der Waals surface area contributed by atoms with E-state index in [-0.39, 0.29) is 12.7 Å². The average Bonchev–Trinajstić information content (AvgIpc) is 3.00. The van der Waals surface area contributed by atoms with E-state index in [0.29, 0.717) is 22.8 Å². The minimum Gasteiger partial charge on any atom is -0.496 e. The Morgan fingerprint density at radius 1 is 1.14 bits per heavy atom. The first kappa shape index (κ1) is 14.3. The van der Waals surface area contributed by atoms with Crippen LogP contribution in [0.3, 0.4) is 0 Å². The minimum absolute atomic E-state index is 0.0402. The normalized spacial score (nSPS) is 12.1. The minimum atomic E-state index is -0.0402. The van der Waals surface area contributed by atoms with Crippen molar-refractivity contribution in [1.29, 1.82) is 0 Å². The van der Waals surface area contributed by atoms with E-state index in [1.54, 1.807) is 38.2 Å². The number of hydrogen-bond donors (Lipinski definition) is 0. The van der Waals surface area contributed by atoms with Crippen molar-refractivity contribution in [1.82, 2.24) is 4.90 Å². The summed E-state index contributed by atoms with van der Waals surface area (Å²) in [5.74, 6) is 1.99. The Bertz CT molecular complexity index is 725. The van der Waals surface area contributed by atoms with Crippen molar-refractivity contribution < 1.29 is 19.0 Å². The molecular formula is C17H17NO4. The zero-order chi connectivity index (χ0) is 15.7. The van der Waals surface area contributed by atoms with Gasteiger partial charge in [-0.1, -0.05) is 12.1 Å². The fourth-order valence-electron chi connectivity index (χ4n) is 2.40. The summed E-state index contributed by atoms with van der Waals surface area (Å²) < 4.78 is 16.2.